The molecule has 1 aliphatic rings. The number of hydrogen-bond donors (Lipinski definition) is 1. The second-order valence-corrected chi connectivity index (χ2v) is 7.38. The third-order valence-corrected chi connectivity index (χ3v) is 5.20. The van der Waals surface area contributed by atoms with Gasteiger partial charge >= 0.3 is 0 Å². The Morgan fingerprint density at radius 1 is 1.21 bits per heavy atom. The molecule has 0 atom stereocenters. The van der Waals surface area contributed by atoms with Crippen molar-refractivity contribution in [3.63, 3.8) is 0 Å². The van der Waals surface area contributed by atoms with Crippen LogP contribution in [0.4, 0.5) is 0 Å². The number of rotatable bonds is 5. The fourth-order valence-electron chi connectivity index (χ4n) is 2.63. The fourth-order valence-corrected chi connectivity index (χ4v) is 3.97. The van der Waals surface area contributed by atoms with Crippen LogP contribution in [0.25, 0.3) is 0 Å². The van der Waals surface area contributed by atoms with Gasteiger partial charge in [-0.15, -0.1) is 11.8 Å². The lowest BCUT2D eigenvalue weighted by molar-refractivity contribution is 0.516. The zero-order valence-corrected chi connectivity index (χ0v) is 13.4. The highest BCUT2D eigenvalue weighted by Crippen LogP contribution is 2.34. The largest absolute Gasteiger partial charge is 0.310 e. The van der Waals surface area contributed by atoms with E-state index in [4.69, 9.17) is 0 Å². The van der Waals surface area contributed by atoms with Crippen LogP contribution in [0.5, 0.6) is 0 Å². The first-order chi connectivity index (χ1) is 9.15. The van der Waals surface area contributed by atoms with Crippen molar-refractivity contribution in [2.24, 2.45) is 0 Å². The molecule has 0 saturated heterocycles. The van der Waals surface area contributed by atoms with Gasteiger partial charge in [0.1, 0.15) is 0 Å². The van der Waals surface area contributed by atoms with Crippen LogP contribution in [0.2, 0.25) is 0 Å². The predicted molar refractivity (Wildman–Crippen MR) is 85.9 cm³/mol. The van der Waals surface area contributed by atoms with Crippen LogP contribution < -0.4 is 5.32 Å². The Kier molecular flexibility index (Phi) is 5.77. The monoisotopic (exact) mass is 277 g/mol. The first-order valence-electron chi connectivity index (χ1n) is 7.64. The van der Waals surface area contributed by atoms with Gasteiger partial charge in [0, 0.05) is 22.7 Å². The van der Waals surface area contributed by atoms with Crippen molar-refractivity contribution in [2.45, 2.75) is 75.6 Å². The minimum Gasteiger partial charge on any atom is -0.310 e. The molecule has 2 heteroatoms. The van der Waals surface area contributed by atoms with Gasteiger partial charge < -0.3 is 5.32 Å². The standard InChI is InChI=1S/C17H27NS/c1-13(2)18-12-15-9-10-17(11-14(15)3)19-16-7-5-4-6-8-16/h9-11,13,16,18H,4-8,12H2,1-3H3. The summed E-state index contributed by atoms with van der Waals surface area (Å²) >= 11 is 2.09. The minimum absolute atomic E-state index is 0.552. The van der Waals surface area contributed by atoms with Crippen molar-refractivity contribution >= 4 is 11.8 Å². The molecule has 1 aromatic carbocycles. The second kappa shape index (κ2) is 7.35. The molecule has 106 valence electrons. The van der Waals surface area contributed by atoms with Gasteiger partial charge in [-0.25, -0.2) is 0 Å². The molecule has 0 unspecified atom stereocenters. The third-order valence-electron chi connectivity index (χ3n) is 3.87. The van der Waals surface area contributed by atoms with Gasteiger partial charge in [0.2, 0.25) is 0 Å². The predicted octanol–water partition coefficient (Wildman–Crippen LogP) is 4.92. The number of hydrogen-bond acceptors (Lipinski definition) is 2. The van der Waals surface area contributed by atoms with Crippen molar-refractivity contribution in [3.8, 4) is 0 Å². The molecule has 0 aliphatic heterocycles. The minimum atomic E-state index is 0.552. The van der Waals surface area contributed by atoms with E-state index in [2.05, 4.69) is 56.0 Å². The van der Waals surface area contributed by atoms with Gasteiger partial charge in [-0.2, -0.15) is 0 Å². The molecule has 19 heavy (non-hydrogen) atoms. The van der Waals surface area contributed by atoms with Crippen molar-refractivity contribution < 1.29 is 0 Å². The summed E-state index contributed by atoms with van der Waals surface area (Å²) in [6.07, 6.45) is 7.09. The lowest BCUT2D eigenvalue weighted by Gasteiger charge is -2.21. The highest BCUT2D eigenvalue weighted by atomic mass is 32.2. The van der Waals surface area contributed by atoms with Gasteiger partial charge in [0.25, 0.3) is 0 Å². The van der Waals surface area contributed by atoms with Crippen LogP contribution in [0.3, 0.4) is 0 Å². The maximum Gasteiger partial charge on any atom is 0.0210 e. The van der Waals surface area contributed by atoms with Crippen molar-refractivity contribution in [2.75, 3.05) is 0 Å². The summed E-state index contributed by atoms with van der Waals surface area (Å²) in [4.78, 5) is 1.46. The molecule has 1 aliphatic carbocycles. The topological polar surface area (TPSA) is 12.0 Å². The van der Waals surface area contributed by atoms with Crippen LogP contribution in [0, 0.1) is 6.92 Å². The Bertz CT molecular complexity index is 394. The highest BCUT2D eigenvalue weighted by molar-refractivity contribution is 8.00. The smallest absolute Gasteiger partial charge is 0.0210 e. The summed E-state index contributed by atoms with van der Waals surface area (Å²) in [6.45, 7) is 7.62. The van der Waals surface area contributed by atoms with E-state index in [1.807, 2.05) is 0 Å². The first kappa shape index (κ1) is 14.9. The van der Waals surface area contributed by atoms with Crippen LogP contribution in [0.15, 0.2) is 23.1 Å². The van der Waals surface area contributed by atoms with Gasteiger partial charge in [-0.1, -0.05) is 39.2 Å². The Hall–Kier alpha value is -0.470. The molecule has 0 bridgehead atoms. The van der Waals surface area contributed by atoms with E-state index in [1.54, 1.807) is 0 Å². The van der Waals surface area contributed by atoms with Crippen molar-refractivity contribution in [3.05, 3.63) is 29.3 Å². The van der Waals surface area contributed by atoms with E-state index in [-0.39, 0.29) is 0 Å². The van der Waals surface area contributed by atoms with Gasteiger partial charge in [0.05, 0.1) is 0 Å². The molecule has 1 fully saturated rings. The summed E-state index contributed by atoms with van der Waals surface area (Å²) < 4.78 is 0. The average Bonchev–Trinajstić information content (AvgIpc) is 2.39. The molecule has 0 amide bonds. The van der Waals surface area contributed by atoms with Crippen molar-refractivity contribution in [1.29, 1.82) is 0 Å². The lowest BCUT2D eigenvalue weighted by atomic mass is 10.0. The lowest BCUT2D eigenvalue weighted by Crippen LogP contribution is -2.22. The number of benzene rings is 1. The Labute approximate surface area is 122 Å². The van der Waals surface area contributed by atoms with Gasteiger partial charge in [-0.05, 0) is 43.0 Å². The average molecular weight is 277 g/mol. The summed E-state index contributed by atoms with van der Waals surface area (Å²) in [5.74, 6) is 0. The zero-order valence-electron chi connectivity index (χ0n) is 12.5. The van der Waals surface area contributed by atoms with Crippen LogP contribution >= 0.6 is 11.8 Å². The fraction of sp³-hybridized carbons (Fsp3) is 0.647. The summed E-state index contributed by atoms with van der Waals surface area (Å²) in [5.41, 5.74) is 2.86. The van der Waals surface area contributed by atoms with E-state index >= 15 is 0 Å². The van der Waals surface area contributed by atoms with E-state index in [1.165, 1.54) is 48.1 Å². The summed E-state index contributed by atoms with van der Waals surface area (Å²) in [5, 5.41) is 4.35. The van der Waals surface area contributed by atoms with Gasteiger partial charge in [-0.3, -0.25) is 0 Å². The third kappa shape index (κ3) is 4.85. The molecular weight excluding hydrogens is 250 g/mol. The van der Waals surface area contributed by atoms with E-state index in [9.17, 15) is 0 Å². The molecular formula is C17H27NS. The summed E-state index contributed by atoms with van der Waals surface area (Å²) in [7, 11) is 0. The van der Waals surface area contributed by atoms with Crippen LogP contribution in [-0.2, 0) is 6.54 Å². The Morgan fingerprint density at radius 3 is 2.58 bits per heavy atom. The Morgan fingerprint density at radius 2 is 1.95 bits per heavy atom. The number of aryl methyl sites for hydroxylation is 1. The van der Waals surface area contributed by atoms with Crippen molar-refractivity contribution in [1.82, 2.24) is 5.32 Å². The molecule has 1 aromatic rings. The zero-order chi connectivity index (χ0) is 13.7. The molecule has 1 N–H and O–H groups in total. The quantitative estimate of drug-likeness (QED) is 0.820. The first-order valence-corrected chi connectivity index (χ1v) is 8.52. The maximum absolute atomic E-state index is 3.50. The van der Waals surface area contributed by atoms with Gasteiger partial charge in [0.15, 0.2) is 0 Å². The molecule has 2 rings (SSSR count). The second-order valence-electron chi connectivity index (χ2n) is 6.00. The molecule has 0 heterocycles. The van der Waals surface area contributed by atoms with Crippen LogP contribution in [0.1, 0.15) is 57.1 Å². The summed E-state index contributed by atoms with van der Waals surface area (Å²) in [6, 6.07) is 7.53. The SMILES string of the molecule is Cc1cc(SC2CCCCC2)ccc1CNC(C)C. The normalized spacial score (nSPS) is 17.1. The molecule has 0 spiro atoms. The van der Waals surface area contributed by atoms with E-state index in [0.717, 1.165) is 11.8 Å². The van der Waals surface area contributed by atoms with Crippen LogP contribution in [-0.4, -0.2) is 11.3 Å². The highest BCUT2D eigenvalue weighted by Gasteiger charge is 2.14. The number of thioether (sulfide) groups is 1. The number of nitrogens with one attached hydrogen (secondary N) is 1. The molecule has 0 aromatic heterocycles. The molecule has 1 saturated carbocycles. The van der Waals surface area contributed by atoms with E-state index in [0.29, 0.717) is 6.04 Å². The maximum atomic E-state index is 3.50. The Balaban J connectivity index is 1.93. The molecule has 0 radical (unpaired) electrons. The molecule has 1 nitrogen and oxygen atoms in total. The van der Waals surface area contributed by atoms with E-state index < -0.39 is 0 Å².